The largest absolute Gasteiger partial charge is 0.416 e. The second-order valence-corrected chi connectivity index (χ2v) is 8.08. The number of benzene rings is 1. The summed E-state index contributed by atoms with van der Waals surface area (Å²) in [6.07, 6.45) is -0.0203. The maximum absolute atomic E-state index is 13.2. The highest BCUT2D eigenvalue weighted by atomic mass is 19.4. The van der Waals surface area contributed by atoms with E-state index in [-0.39, 0.29) is 24.2 Å². The fraction of sp³-hybridized carbons (Fsp3) is 0.667. The molecule has 1 amide bonds. The number of nitrogens with zero attached hydrogens (tertiary/aromatic N) is 2. The van der Waals surface area contributed by atoms with E-state index in [2.05, 4.69) is 24.1 Å². The standard InChI is InChI=1S/C21H30F3N3O2/c1-15(2)27(17-5-3-4-6-17)14-20(28)25-18-13-16(21(22,23)24)7-8-19(18)26-9-11-29-12-10-26/h7-8,13,15,17H,3-6,9-12,14H2,1-2H3,(H,25,28). The van der Waals surface area contributed by atoms with E-state index < -0.39 is 11.7 Å². The van der Waals surface area contributed by atoms with Crippen LogP contribution in [-0.2, 0) is 15.7 Å². The van der Waals surface area contributed by atoms with E-state index in [1.807, 2.05) is 4.90 Å². The Labute approximate surface area is 170 Å². The van der Waals surface area contributed by atoms with Gasteiger partial charge < -0.3 is 15.0 Å². The fourth-order valence-corrected chi connectivity index (χ4v) is 4.22. The molecule has 3 rings (SSSR count). The molecule has 1 aliphatic heterocycles. The molecule has 1 aliphatic carbocycles. The van der Waals surface area contributed by atoms with Crippen molar-refractivity contribution in [2.75, 3.05) is 43.1 Å². The molecule has 29 heavy (non-hydrogen) atoms. The molecule has 2 aliphatic rings. The first kappa shape index (κ1) is 21.9. The van der Waals surface area contributed by atoms with E-state index in [9.17, 15) is 18.0 Å². The van der Waals surface area contributed by atoms with Crippen molar-refractivity contribution in [2.45, 2.75) is 57.8 Å². The number of hydrogen-bond acceptors (Lipinski definition) is 4. The molecule has 0 spiro atoms. The molecule has 1 saturated carbocycles. The Hall–Kier alpha value is -1.80. The number of ether oxygens (including phenoxy) is 1. The van der Waals surface area contributed by atoms with Crippen LogP contribution in [0.25, 0.3) is 0 Å². The first-order valence-corrected chi connectivity index (χ1v) is 10.3. The molecule has 0 aromatic heterocycles. The number of nitrogens with one attached hydrogen (secondary N) is 1. The summed E-state index contributed by atoms with van der Waals surface area (Å²) in [6.45, 7) is 6.46. The van der Waals surface area contributed by atoms with Gasteiger partial charge in [0.2, 0.25) is 5.91 Å². The maximum atomic E-state index is 13.2. The second kappa shape index (κ2) is 9.34. The lowest BCUT2D eigenvalue weighted by molar-refractivity contribution is -0.137. The van der Waals surface area contributed by atoms with Crippen LogP contribution in [0.3, 0.4) is 0 Å². The topological polar surface area (TPSA) is 44.8 Å². The van der Waals surface area contributed by atoms with Crippen molar-refractivity contribution in [2.24, 2.45) is 0 Å². The zero-order valence-electron chi connectivity index (χ0n) is 17.1. The third-order valence-electron chi connectivity index (χ3n) is 5.73. The minimum absolute atomic E-state index is 0.182. The van der Waals surface area contributed by atoms with Gasteiger partial charge in [-0.25, -0.2) is 0 Å². The van der Waals surface area contributed by atoms with Gasteiger partial charge in [0, 0.05) is 25.2 Å². The number of alkyl halides is 3. The van der Waals surface area contributed by atoms with Crippen LogP contribution >= 0.6 is 0 Å². The first-order chi connectivity index (χ1) is 13.8. The molecular weight excluding hydrogens is 383 g/mol. The number of carbonyl (C=O) groups excluding carboxylic acids is 1. The van der Waals surface area contributed by atoms with E-state index in [1.165, 1.54) is 6.07 Å². The molecule has 1 aromatic carbocycles. The zero-order valence-corrected chi connectivity index (χ0v) is 17.1. The van der Waals surface area contributed by atoms with E-state index in [0.717, 1.165) is 37.8 Å². The quantitative estimate of drug-likeness (QED) is 0.762. The lowest BCUT2D eigenvalue weighted by Crippen LogP contribution is -2.44. The van der Waals surface area contributed by atoms with Crippen molar-refractivity contribution in [1.82, 2.24) is 4.90 Å². The van der Waals surface area contributed by atoms with Gasteiger partial charge in [-0.3, -0.25) is 9.69 Å². The number of carbonyl (C=O) groups is 1. The van der Waals surface area contributed by atoms with Crippen molar-refractivity contribution in [3.05, 3.63) is 23.8 Å². The summed E-state index contributed by atoms with van der Waals surface area (Å²) in [7, 11) is 0. The highest BCUT2D eigenvalue weighted by molar-refractivity contribution is 5.96. The van der Waals surface area contributed by atoms with Crippen LogP contribution in [0.2, 0.25) is 0 Å². The van der Waals surface area contributed by atoms with Crippen LogP contribution in [0.4, 0.5) is 24.5 Å². The lowest BCUT2D eigenvalue weighted by Gasteiger charge is -2.33. The van der Waals surface area contributed by atoms with Crippen molar-refractivity contribution < 1.29 is 22.7 Å². The number of anilines is 2. The third kappa shape index (κ3) is 5.63. The summed E-state index contributed by atoms with van der Waals surface area (Å²) in [4.78, 5) is 16.9. The van der Waals surface area contributed by atoms with Crippen LogP contribution in [0.5, 0.6) is 0 Å². The Bertz CT molecular complexity index is 697. The fourth-order valence-electron chi connectivity index (χ4n) is 4.22. The number of hydrogen-bond donors (Lipinski definition) is 1. The zero-order chi connectivity index (χ0) is 21.0. The maximum Gasteiger partial charge on any atom is 0.416 e. The Morgan fingerprint density at radius 1 is 1.24 bits per heavy atom. The lowest BCUT2D eigenvalue weighted by atomic mass is 10.1. The predicted molar refractivity (Wildman–Crippen MR) is 107 cm³/mol. The molecular formula is C21H30F3N3O2. The Balaban J connectivity index is 1.80. The minimum atomic E-state index is -4.46. The average molecular weight is 413 g/mol. The van der Waals surface area contributed by atoms with Crippen molar-refractivity contribution in [3.63, 3.8) is 0 Å². The molecule has 0 unspecified atom stereocenters. The molecule has 1 N–H and O–H groups in total. The number of amides is 1. The average Bonchev–Trinajstić information content (AvgIpc) is 3.20. The van der Waals surface area contributed by atoms with Crippen molar-refractivity contribution in [3.8, 4) is 0 Å². The summed E-state index contributed by atoms with van der Waals surface area (Å²) in [5.74, 6) is -0.278. The predicted octanol–water partition coefficient (Wildman–Crippen LogP) is 4.13. The normalized spacial score (nSPS) is 18.7. The summed E-state index contributed by atoms with van der Waals surface area (Å²) < 4.78 is 45.1. The number of halogens is 3. The highest BCUT2D eigenvalue weighted by Gasteiger charge is 2.32. The summed E-state index contributed by atoms with van der Waals surface area (Å²) in [6, 6.07) is 4.11. The van der Waals surface area contributed by atoms with Crippen LogP contribution < -0.4 is 10.2 Å². The van der Waals surface area contributed by atoms with Crippen LogP contribution in [0.15, 0.2) is 18.2 Å². The van der Waals surface area contributed by atoms with E-state index in [1.54, 1.807) is 0 Å². The van der Waals surface area contributed by atoms with Gasteiger partial charge in [0.25, 0.3) is 0 Å². The van der Waals surface area contributed by atoms with Gasteiger partial charge in [-0.2, -0.15) is 13.2 Å². The summed E-state index contributed by atoms with van der Waals surface area (Å²) in [5, 5.41) is 2.77. The minimum Gasteiger partial charge on any atom is -0.378 e. The molecule has 0 atom stereocenters. The molecule has 0 radical (unpaired) electrons. The molecule has 2 fully saturated rings. The summed E-state index contributed by atoms with van der Waals surface area (Å²) in [5.41, 5.74) is 0.0507. The number of morpholine rings is 1. The molecule has 162 valence electrons. The van der Waals surface area contributed by atoms with Crippen LogP contribution in [-0.4, -0.2) is 55.7 Å². The molecule has 5 nitrogen and oxygen atoms in total. The first-order valence-electron chi connectivity index (χ1n) is 10.3. The number of rotatable bonds is 6. The SMILES string of the molecule is CC(C)N(CC(=O)Nc1cc(C(F)(F)F)ccc1N1CCOCC1)C1CCCC1. The van der Waals surface area contributed by atoms with E-state index >= 15 is 0 Å². The van der Waals surface area contributed by atoms with Gasteiger partial charge in [0.1, 0.15) is 0 Å². The molecule has 1 heterocycles. The van der Waals surface area contributed by atoms with Crippen LogP contribution in [0, 0.1) is 0 Å². The van der Waals surface area contributed by atoms with Gasteiger partial charge in [-0.15, -0.1) is 0 Å². The molecule has 8 heteroatoms. The summed E-state index contributed by atoms with van der Waals surface area (Å²) >= 11 is 0. The van der Waals surface area contributed by atoms with Gasteiger partial charge in [-0.1, -0.05) is 12.8 Å². The van der Waals surface area contributed by atoms with E-state index in [0.29, 0.717) is 38.0 Å². The molecule has 1 saturated heterocycles. The van der Waals surface area contributed by atoms with Crippen LogP contribution in [0.1, 0.15) is 45.1 Å². The van der Waals surface area contributed by atoms with Gasteiger partial charge in [0.15, 0.2) is 0 Å². The monoisotopic (exact) mass is 413 g/mol. The Kier molecular flexibility index (Phi) is 7.05. The van der Waals surface area contributed by atoms with E-state index in [4.69, 9.17) is 4.74 Å². The van der Waals surface area contributed by atoms with Crippen molar-refractivity contribution >= 4 is 17.3 Å². The third-order valence-corrected chi connectivity index (χ3v) is 5.73. The van der Waals surface area contributed by atoms with Gasteiger partial charge in [0.05, 0.1) is 36.7 Å². The van der Waals surface area contributed by atoms with Crippen molar-refractivity contribution in [1.29, 1.82) is 0 Å². The molecule has 1 aromatic rings. The smallest absolute Gasteiger partial charge is 0.378 e. The molecule has 0 bridgehead atoms. The highest BCUT2D eigenvalue weighted by Crippen LogP contribution is 2.36. The second-order valence-electron chi connectivity index (χ2n) is 8.08. The van der Waals surface area contributed by atoms with Gasteiger partial charge in [-0.05, 0) is 44.9 Å². The Morgan fingerprint density at radius 3 is 2.48 bits per heavy atom. The van der Waals surface area contributed by atoms with Gasteiger partial charge >= 0.3 is 6.18 Å². The Morgan fingerprint density at radius 2 is 1.90 bits per heavy atom.